The van der Waals surface area contributed by atoms with Crippen molar-refractivity contribution >= 4 is 5.91 Å². The van der Waals surface area contributed by atoms with Gasteiger partial charge in [-0.1, -0.05) is 31.6 Å². The Labute approximate surface area is 119 Å². The quantitative estimate of drug-likeness (QED) is 0.806. The van der Waals surface area contributed by atoms with Crippen molar-refractivity contribution in [2.24, 2.45) is 5.92 Å². The highest BCUT2D eigenvalue weighted by atomic mass is 16.2. The molecule has 1 aliphatic rings. The third-order valence-electron chi connectivity index (χ3n) is 3.58. The second-order valence-electron chi connectivity index (χ2n) is 5.36. The van der Waals surface area contributed by atoms with Crippen molar-refractivity contribution in [1.82, 2.24) is 10.3 Å². The van der Waals surface area contributed by atoms with Gasteiger partial charge in [0.05, 0.1) is 5.56 Å². The third-order valence-corrected chi connectivity index (χ3v) is 3.58. The molecule has 2 rings (SSSR count). The minimum atomic E-state index is -0.198. The highest BCUT2D eigenvalue weighted by Gasteiger charge is 2.20. The van der Waals surface area contributed by atoms with Gasteiger partial charge in [-0.25, -0.2) is 0 Å². The lowest BCUT2D eigenvalue weighted by Gasteiger charge is -2.27. The summed E-state index contributed by atoms with van der Waals surface area (Å²) in [6.07, 6.45) is 7.65. The van der Waals surface area contributed by atoms with E-state index in [1.165, 1.54) is 12.8 Å². The first-order valence-electron chi connectivity index (χ1n) is 7.04. The van der Waals surface area contributed by atoms with E-state index in [0.29, 0.717) is 17.0 Å². The smallest absolute Gasteiger partial charge is 0.253 e. The van der Waals surface area contributed by atoms with E-state index >= 15 is 0 Å². The maximum atomic E-state index is 12.2. The number of aromatic nitrogens is 1. The lowest BCUT2D eigenvalue weighted by Crippen LogP contribution is -2.38. The fourth-order valence-corrected chi connectivity index (χ4v) is 2.61. The number of hydrogen-bond donors (Lipinski definition) is 2. The lowest BCUT2D eigenvalue weighted by atomic mass is 9.87. The topological polar surface area (TPSA) is 62.2 Å². The van der Waals surface area contributed by atoms with Gasteiger partial charge in [-0.3, -0.25) is 9.78 Å². The molecule has 2 unspecified atom stereocenters. The number of aliphatic hydroxyl groups excluding tert-OH is 1. The molecule has 4 heteroatoms. The van der Waals surface area contributed by atoms with E-state index in [1.807, 2.05) is 0 Å². The van der Waals surface area contributed by atoms with E-state index in [1.54, 1.807) is 18.5 Å². The molecule has 106 valence electrons. The molecule has 1 saturated carbocycles. The van der Waals surface area contributed by atoms with Crippen LogP contribution in [0.25, 0.3) is 0 Å². The first-order chi connectivity index (χ1) is 9.69. The number of pyridine rings is 1. The number of nitrogens with zero attached hydrogens (tertiary/aromatic N) is 1. The normalized spacial score (nSPS) is 21.7. The van der Waals surface area contributed by atoms with Crippen LogP contribution in [0.1, 0.15) is 48.5 Å². The van der Waals surface area contributed by atoms with Crippen LogP contribution < -0.4 is 5.32 Å². The van der Waals surface area contributed by atoms with Gasteiger partial charge in [0.2, 0.25) is 0 Å². The first kappa shape index (κ1) is 14.5. The first-order valence-corrected chi connectivity index (χ1v) is 7.04. The summed E-state index contributed by atoms with van der Waals surface area (Å²) >= 11 is 0. The van der Waals surface area contributed by atoms with Crippen molar-refractivity contribution < 1.29 is 9.90 Å². The molecular formula is C16H20N2O2. The van der Waals surface area contributed by atoms with Crippen molar-refractivity contribution in [2.45, 2.75) is 38.6 Å². The summed E-state index contributed by atoms with van der Waals surface area (Å²) in [6, 6.07) is 1.97. The summed E-state index contributed by atoms with van der Waals surface area (Å²) in [5.74, 6) is 5.89. The van der Waals surface area contributed by atoms with E-state index < -0.39 is 0 Å². The van der Waals surface area contributed by atoms with Crippen molar-refractivity contribution in [1.29, 1.82) is 0 Å². The standard InChI is InChI=1S/C16H20N2O2/c1-12-4-2-6-15(8-12)18-16(20)14-9-13(5-3-7-19)10-17-11-14/h9-12,15,19H,2,4,6-8H2,1H3,(H,18,20). The predicted octanol–water partition coefficient (Wildman–Crippen LogP) is 1.73. The molecule has 0 spiro atoms. The summed E-state index contributed by atoms with van der Waals surface area (Å²) < 4.78 is 0. The number of aliphatic hydroxyl groups is 1. The van der Waals surface area contributed by atoms with Crippen molar-refractivity contribution in [3.8, 4) is 11.8 Å². The molecule has 1 amide bonds. The highest BCUT2D eigenvalue weighted by Crippen LogP contribution is 2.23. The Morgan fingerprint density at radius 2 is 2.35 bits per heavy atom. The molecule has 0 aromatic carbocycles. The zero-order valence-corrected chi connectivity index (χ0v) is 11.7. The predicted molar refractivity (Wildman–Crippen MR) is 77.1 cm³/mol. The van der Waals surface area contributed by atoms with E-state index in [2.05, 4.69) is 29.1 Å². The number of hydrogen-bond acceptors (Lipinski definition) is 3. The molecule has 20 heavy (non-hydrogen) atoms. The largest absolute Gasteiger partial charge is 0.384 e. The van der Waals surface area contributed by atoms with E-state index in [-0.39, 0.29) is 18.6 Å². The van der Waals surface area contributed by atoms with Crippen LogP contribution in [0, 0.1) is 17.8 Å². The molecule has 1 heterocycles. The zero-order valence-electron chi connectivity index (χ0n) is 11.7. The summed E-state index contributed by atoms with van der Waals surface area (Å²) in [5, 5.41) is 11.7. The maximum Gasteiger partial charge on any atom is 0.253 e. The minimum absolute atomic E-state index is 0.0933. The average Bonchev–Trinajstić information content (AvgIpc) is 2.45. The molecule has 1 aliphatic carbocycles. The Hall–Kier alpha value is -1.86. The molecule has 2 N–H and O–H groups in total. The fourth-order valence-electron chi connectivity index (χ4n) is 2.61. The Bertz CT molecular complexity index is 531. The van der Waals surface area contributed by atoms with Crippen molar-refractivity contribution in [3.05, 3.63) is 29.6 Å². The molecule has 0 bridgehead atoms. The number of rotatable bonds is 2. The van der Waals surface area contributed by atoms with Crippen LogP contribution in [-0.4, -0.2) is 28.6 Å². The van der Waals surface area contributed by atoms with Gasteiger partial charge in [-0.05, 0) is 24.8 Å². The van der Waals surface area contributed by atoms with Gasteiger partial charge in [0, 0.05) is 24.0 Å². The molecule has 0 aliphatic heterocycles. The molecule has 2 atom stereocenters. The molecule has 1 aromatic heterocycles. The van der Waals surface area contributed by atoms with Gasteiger partial charge in [-0.15, -0.1) is 0 Å². The number of nitrogens with one attached hydrogen (secondary N) is 1. The Kier molecular flexibility index (Phi) is 5.14. The zero-order chi connectivity index (χ0) is 14.4. The van der Waals surface area contributed by atoms with E-state index in [0.717, 1.165) is 12.8 Å². The van der Waals surface area contributed by atoms with Crippen LogP contribution in [0.15, 0.2) is 18.5 Å². The van der Waals surface area contributed by atoms with E-state index in [4.69, 9.17) is 5.11 Å². The van der Waals surface area contributed by atoms with Crippen LogP contribution in [0.5, 0.6) is 0 Å². The Morgan fingerprint density at radius 1 is 1.50 bits per heavy atom. The van der Waals surface area contributed by atoms with Crippen LogP contribution in [0.4, 0.5) is 0 Å². The summed E-state index contributed by atoms with van der Waals surface area (Å²) in [6.45, 7) is 2.03. The van der Waals surface area contributed by atoms with Gasteiger partial charge >= 0.3 is 0 Å². The molecular weight excluding hydrogens is 252 g/mol. The molecule has 4 nitrogen and oxygen atoms in total. The molecule has 1 aromatic rings. The Balaban J connectivity index is 2.01. The number of carbonyl (C=O) groups excluding carboxylic acids is 1. The monoisotopic (exact) mass is 272 g/mol. The maximum absolute atomic E-state index is 12.2. The van der Waals surface area contributed by atoms with Gasteiger partial charge < -0.3 is 10.4 Å². The molecule has 1 fully saturated rings. The fraction of sp³-hybridized carbons (Fsp3) is 0.500. The average molecular weight is 272 g/mol. The van der Waals surface area contributed by atoms with Crippen LogP contribution >= 0.6 is 0 Å². The Morgan fingerprint density at radius 3 is 3.10 bits per heavy atom. The van der Waals surface area contributed by atoms with Crippen molar-refractivity contribution in [3.63, 3.8) is 0 Å². The van der Waals surface area contributed by atoms with Crippen molar-refractivity contribution in [2.75, 3.05) is 6.61 Å². The van der Waals surface area contributed by atoms with Crippen LogP contribution in [0.3, 0.4) is 0 Å². The summed E-state index contributed by atoms with van der Waals surface area (Å²) in [4.78, 5) is 16.2. The lowest BCUT2D eigenvalue weighted by molar-refractivity contribution is 0.0921. The number of amides is 1. The van der Waals surface area contributed by atoms with Gasteiger partial charge in [-0.2, -0.15) is 0 Å². The SMILES string of the molecule is CC1CCCC(NC(=O)c2cncc(C#CCO)c2)C1. The van der Waals surface area contributed by atoms with Crippen LogP contribution in [-0.2, 0) is 0 Å². The third kappa shape index (κ3) is 4.07. The molecule has 0 radical (unpaired) electrons. The molecule has 0 saturated heterocycles. The highest BCUT2D eigenvalue weighted by molar-refractivity contribution is 5.94. The van der Waals surface area contributed by atoms with Gasteiger partial charge in [0.1, 0.15) is 6.61 Å². The summed E-state index contributed by atoms with van der Waals surface area (Å²) in [5.41, 5.74) is 1.16. The summed E-state index contributed by atoms with van der Waals surface area (Å²) in [7, 11) is 0. The minimum Gasteiger partial charge on any atom is -0.384 e. The van der Waals surface area contributed by atoms with E-state index in [9.17, 15) is 4.79 Å². The second-order valence-corrected chi connectivity index (χ2v) is 5.36. The van der Waals surface area contributed by atoms with Crippen LogP contribution in [0.2, 0.25) is 0 Å². The van der Waals surface area contributed by atoms with Gasteiger partial charge in [0.25, 0.3) is 5.91 Å². The van der Waals surface area contributed by atoms with Gasteiger partial charge in [0.15, 0.2) is 0 Å². The number of carbonyl (C=O) groups is 1. The second kappa shape index (κ2) is 7.06.